The Hall–Kier alpha value is 0.230. The van der Waals surface area contributed by atoms with Crippen LogP contribution in [0.1, 0.15) is 19.8 Å². The van der Waals surface area contributed by atoms with Gasteiger partial charge in [0.15, 0.2) is 0 Å². The average Bonchev–Trinajstić information content (AvgIpc) is 2.43. The first kappa shape index (κ1) is 11.3. The molecule has 3 atom stereocenters. The predicted octanol–water partition coefficient (Wildman–Crippen LogP) is 0.640. The summed E-state index contributed by atoms with van der Waals surface area (Å²) in [6.45, 7) is 3.44. The van der Waals surface area contributed by atoms with E-state index in [4.69, 9.17) is 4.74 Å². The lowest BCUT2D eigenvalue weighted by Crippen LogP contribution is -2.31. The van der Waals surface area contributed by atoms with Gasteiger partial charge in [0.05, 0.1) is 24.1 Å². The third kappa shape index (κ3) is 3.46. The molecule has 0 saturated carbocycles. The minimum absolute atomic E-state index is 0.0619. The predicted molar refractivity (Wildman–Crippen MR) is 54.0 cm³/mol. The topological polar surface area (TPSA) is 49.7 Å². The number of unbranched alkanes of at least 4 members (excludes halogenated alkanes) is 1. The Bertz CT molecular complexity index is 143. The first-order valence-corrected chi connectivity index (χ1v) is 5.86. The molecule has 0 amide bonds. The van der Waals surface area contributed by atoms with Gasteiger partial charge < -0.3 is 14.9 Å². The van der Waals surface area contributed by atoms with Gasteiger partial charge in [-0.25, -0.2) is 0 Å². The first-order valence-electron chi connectivity index (χ1n) is 4.81. The largest absolute Gasteiger partial charge is 0.390 e. The minimum Gasteiger partial charge on any atom is -0.390 e. The number of hydrogen-bond donors (Lipinski definition) is 2. The molecule has 0 aromatic heterocycles. The highest BCUT2D eigenvalue weighted by atomic mass is 32.2. The van der Waals surface area contributed by atoms with Gasteiger partial charge in [0.1, 0.15) is 0 Å². The standard InChI is InChI=1S/C9H18O3S/c1-2-3-4-12-5-8-9(11)7(10)6-13-8/h7-11H,2-6H2,1H3/t7?,8-,9+/m1/s1. The van der Waals surface area contributed by atoms with Gasteiger partial charge in [-0.15, -0.1) is 0 Å². The Morgan fingerprint density at radius 1 is 1.46 bits per heavy atom. The van der Waals surface area contributed by atoms with Crippen LogP contribution in [0.25, 0.3) is 0 Å². The van der Waals surface area contributed by atoms with Crippen molar-refractivity contribution in [2.24, 2.45) is 0 Å². The highest BCUT2D eigenvalue weighted by Gasteiger charge is 2.33. The lowest BCUT2D eigenvalue weighted by Gasteiger charge is -2.15. The van der Waals surface area contributed by atoms with Crippen LogP contribution in [0, 0.1) is 0 Å². The molecular formula is C9H18O3S. The number of rotatable bonds is 5. The highest BCUT2D eigenvalue weighted by Crippen LogP contribution is 2.27. The summed E-state index contributed by atoms with van der Waals surface area (Å²) in [6.07, 6.45) is 1.02. The van der Waals surface area contributed by atoms with Gasteiger partial charge in [-0.3, -0.25) is 0 Å². The maximum Gasteiger partial charge on any atom is 0.0947 e. The van der Waals surface area contributed by atoms with Crippen LogP contribution in [0.2, 0.25) is 0 Å². The maximum absolute atomic E-state index is 9.46. The van der Waals surface area contributed by atoms with Crippen molar-refractivity contribution < 1.29 is 14.9 Å². The Kier molecular flexibility index (Phi) is 5.09. The molecule has 1 unspecified atom stereocenters. The lowest BCUT2D eigenvalue weighted by molar-refractivity contribution is 0.0206. The van der Waals surface area contributed by atoms with E-state index in [-0.39, 0.29) is 5.25 Å². The fraction of sp³-hybridized carbons (Fsp3) is 1.00. The SMILES string of the molecule is CCCCOC[C@H]1SCC(O)[C@@H]1O. The van der Waals surface area contributed by atoms with Gasteiger partial charge >= 0.3 is 0 Å². The third-order valence-electron chi connectivity index (χ3n) is 2.18. The van der Waals surface area contributed by atoms with Crippen LogP contribution in [0.5, 0.6) is 0 Å². The monoisotopic (exact) mass is 206 g/mol. The van der Waals surface area contributed by atoms with E-state index >= 15 is 0 Å². The molecule has 2 N–H and O–H groups in total. The van der Waals surface area contributed by atoms with E-state index < -0.39 is 12.2 Å². The zero-order valence-electron chi connectivity index (χ0n) is 7.98. The molecule has 0 aromatic rings. The van der Waals surface area contributed by atoms with Gasteiger partial charge in [-0.05, 0) is 6.42 Å². The van der Waals surface area contributed by atoms with Crippen molar-refractivity contribution in [1.29, 1.82) is 0 Å². The molecule has 13 heavy (non-hydrogen) atoms. The Morgan fingerprint density at radius 3 is 2.77 bits per heavy atom. The van der Waals surface area contributed by atoms with Gasteiger partial charge in [-0.2, -0.15) is 11.8 Å². The lowest BCUT2D eigenvalue weighted by atomic mass is 10.2. The molecule has 0 spiro atoms. The van der Waals surface area contributed by atoms with Gasteiger partial charge in [0.25, 0.3) is 0 Å². The normalized spacial score (nSPS) is 33.9. The first-order chi connectivity index (χ1) is 6.25. The van der Waals surface area contributed by atoms with E-state index in [0.29, 0.717) is 12.4 Å². The van der Waals surface area contributed by atoms with Crippen LogP contribution < -0.4 is 0 Å². The summed E-state index contributed by atoms with van der Waals surface area (Å²) >= 11 is 1.59. The number of aliphatic hydroxyl groups is 2. The van der Waals surface area contributed by atoms with Crippen molar-refractivity contribution in [3.63, 3.8) is 0 Å². The minimum atomic E-state index is -0.605. The fourth-order valence-corrected chi connectivity index (χ4v) is 2.47. The second-order valence-corrected chi connectivity index (χ2v) is 4.63. The second kappa shape index (κ2) is 5.86. The molecule has 1 rings (SSSR count). The molecule has 0 aromatic carbocycles. The summed E-state index contributed by atoms with van der Waals surface area (Å²) in [5.41, 5.74) is 0. The van der Waals surface area contributed by atoms with Crippen molar-refractivity contribution in [2.75, 3.05) is 19.0 Å². The molecule has 78 valence electrons. The van der Waals surface area contributed by atoms with Crippen LogP contribution in [-0.2, 0) is 4.74 Å². The van der Waals surface area contributed by atoms with Crippen LogP contribution in [-0.4, -0.2) is 46.6 Å². The summed E-state index contributed by atoms with van der Waals surface area (Å²) in [6, 6.07) is 0. The van der Waals surface area contributed by atoms with Crippen molar-refractivity contribution in [3.05, 3.63) is 0 Å². The van der Waals surface area contributed by atoms with Crippen LogP contribution >= 0.6 is 11.8 Å². The summed E-state index contributed by atoms with van der Waals surface area (Å²) in [7, 11) is 0. The zero-order valence-corrected chi connectivity index (χ0v) is 8.80. The van der Waals surface area contributed by atoms with Crippen LogP contribution in [0.15, 0.2) is 0 Å². The second-order valence-electron chi connectivity index (χ2n) is 3.36. The zero-order chi connectivity index (χ0) is 9.68. The molecule has 1 aliphatic rings. The average molecular weight is 206 g/mol. The van der Waals surface area contributed by atoms with E-state index in [1.165, 1.54) is 0 Å². The summed E-state index contributed by atoms with van der Waals surface area (Å²) in [5.74, 6) is 0.628. The summed E-state index contributed by atoms with van der Waals surface area (Å²) in [5, 5.41) is 18.8. The van der Waals surface area contributed by atoms with E-state index in [9.17, 15) is 10.2 Å². The molecule has 1 fully saturated rings. The van der Waals surface area contributed by atoms with Gasteiger partial charge in [0.2, 0.25) is 0 Å². The molecule has 1 saturated heterocycles. The van der Waals surface area contributed by atoms with Crippen molar-refractivity contribution >= 4 is 11.8 Å². The van der Waals surface area contributed by atoms with Gasteiger partial charge in [0, 0.05) is 12.4 Å². The number of ether oxygens (including phenoxy) is 1. The molecule has 0 aliphatic carbocycles. The van der Waals surface area contributed by atoms with E-state index in [2.05, 4.69) is 6.92 Å². The molecule has 4 heteroatoms. The molecule has 0 bridgehead atoms. The van der Waals surface area contributed by atoms with Crippen molar-refractivity contribution in [2.45, 2.75) is 37.2 Å². The number of hydrogen-bond acceptors (Lipinski definition) is 4. The molecule has 1 aliphatic heterocycles. The van der Waals surface area contributed by atoms with Crippen molar-refractivity contribution in [1.82, 2.24) is 0 Å². The fourth-order valence-electron chi connectivity index (χ4n) is 1.26. The third-order valence-corrected chi connectivity index (χ3v) is 3.56. The van der Waals surface area contributed by atoms with Crippen LogP contribution in [0.4, 0.5) is 0 Å². The van der Waals surface area contributed by atoms with E-state index in [1.54, 1.807) is 11.8 Å². The maximum atomic E-state index is 9.46. The molecule has 1 heterocycles. The molecule has 0 radical (unpaired) electrons. The van der Waals surface area contributed by atoms with E-state index in [1.807, 2.05) is 0 Å². The Labute approximate surface area is 83.5 Å². The number of aliphatic hydroxyl groups excluding tert-OH is 2. The quantitative estimate of drug-likeness (QED) is 0.648. The van der Waals surface area contributed by atoms with Crippen LogP contribution in [0.3, 0.4) is 0 Å². The van der Waals surface area contributed by atoms with Gasteiger partial charge in [-0.1, -0.05) is 13.3 Å². The summed E-state index contributed by atoms with van der Waals surface area (Å²) in [4.78, 5) is 0. The number of thioether (sulfide) groups is 1. The summed E-state index contributed by atoms with van der Waals surface area (Å²) < 4.78 is 5.38. The Balaban J connectivity index is 2.08. The highest BCUT2D eigenvalue weighted by molar-refractivity contribution is 8.00. The molecule has 3 nitrogen and oxygen atoms in total. The smallest absolute Gasteiger partial charge is 0.0947 e. The van der Waals surface area contributed by atoms with E-state index in [0.717, 1.165) is 19.4 Å². The Morgan fingerprint density at radius 2 is 2.23 bits per heavy atom. The van der Waals surface area contributed by atoms with Crippen molar-refractivity contribution in [3.8, 4) is 0 Å². The molecular weight excluding hydrogens is 188 g/mol.